The molecule has 58 heavy (non-hydrogen) atoms. The van der Waals surface area contributed by atoms with Crippen LogP contribution in [-0.2, 0) is 14.3 Å². The number of hydrogen-bond acceptors (Lipinski definition) is 5. The molecule has 344 valence electrons. The third-order valence-corrected chi connectivity index (χ3v) is 12.1. The normalized spacial score (nSPS) is 12.7. The summed E-state index contributed by atoms with van der Waals surface area (Å²) in [7, 11) is 0. The lowest BCUT2D eigenvalue weighted by molar-refractivity contribution is -0.143. The van der Waals surface area contributed by atoms with Gasteiger partial charge in [0, 0.05) is 12.8 Å². The van der Waals surface area contributed by atoms with E-state index in [0.717, 1.165) is 57.8 Å². The molecule has 0 radical (unpaired) electrons. The molecule has 0 aromatic rings. The Bertz CT molecular complexity index is 863. The molecule has 0 heterocycles. The zero-order valence-corrected chi connectivity index (χ0v) is 39.0. The van der Waals surface area contributed by atoms with Gasteiger partial charge in [-0.25, -0.2) is 0 Å². The summed E-state index contributed by atoms with van der Waals surface area (Å²) >= 11 is 0. The summed E-state index contributed by atoms with van der Waals surface area (Å²) in [6.45, 7) is 4.88. The zero-order valence-electron chi connectivity index (χ0n) is 39.0. The minimum Gasteiger partial charge on any atom is -0.466 e. The van der Waals surface area contributed by atoms with Gasteiger partial charge in [0.15, 0.2) is 0 Å². The first kappa shape index (κ1) is 56.6. The number of carbonyl (C=O) groups is 2. The van der Waals surface area contributed by atoms with Crippen LogP contribution in [0.15, 0.2) is 12.2 Å². The van der Waals surface area contributed by atoms with Gasteiger partial charge >= 0.3 is 5.97 Å². The number of unbranched alkanes of at least 4 members (excludes halogenated alkanes) is 37. The van der Waals surface area contributed by atoms with Crippen LogP contribution in [0.25, 0.3) is 0 Å². The molecular weight excluding hydrogens is 719 g/mol. The number of ether oxygens (including phenoxy) is 1. The van der Waals surface area contributed by atoms with E-state index >= 15 is 0 Å². The molecule has 2 unspecified atom stereocenters. The van der Waals surface area contributed by atoms with E-state index in [1.165, 1.54) is 199 Å². The maximum atomic E-state index is 12.4. The van der Waals surface area contributed by atoms with Gasteiger partial charge in [-0.2, -0.15) is 0 Å². The average Bonchev–Trinajstić information content (AvgIpc) is 3.22. The van der Waals surface area contributed by atoms with Gasteiger partial charge in [-0.15, -0.1) is 0 Å². The molecule has 3 N–H and O–H groups in total. The standard InChI is InChI=1S/C52H101NO5/c1-3-5-7-9-11-13-15-17-21-24-28-32-36-40-44-50(55)49(48-54)53-51(56)45-41-37-33-29-25-22-18-19-23-27-31-35-39-43-47-58-52(57)46-42-38-34-30-26-20-16-14-12-10-8-6-4-2/h40,44,49-50,54-55H,3-39,41-43,45-48H2,1-2H3,(H,53,56)/b44-40+. The average molecular weight is 820 g/mol. The monoisotopic (exact) mass is 820 g/mol. The second-order valence-electron chi connectivity index (χ2n) is 17.9. The number of carbonyl (C=O) groups excluding carboxylic acids is 2. The summed E-state index contributed by atoms with van der Waals surface area (Å²) in [5.74, 6) is -0.0793. The number of allylic oxidation sites excluding steroid dienone is 1. The van der Waals surface area contributed by atoms with E-state index in [1.54, 1.807) is 6.08 Å². The van der Waals surface area contributed by atoms with Crippen molar-refractivity contribution in [3.05, 3.63) is 12.2 Å². The zero-order chi connectivity index (χ0) is 42.3. The highest BCUT2D eigenvalue weighted by atomic mass is 16.5. The fourth-order valence-electron chi connectivity index (χ4n) is 8.05. The number of amides is 1. The van der Waals surface area contributed by atoms with Crippen LogP contribution in [0.1, 0.15) is 284 Å². The molecule has 0 fully saturated rings. The Morgan fingerprint density at radius 1 is 0.466 bits per heavy atom. The van der Waals surface area contributed by atoms with Crippen LogP contribution in [0, 0.1) is 0 Å². The molecule has 2 atom stereocenters. The number of hydrogen-bond donors (Lipinski definition) is 3. The number of esters is 1. The molecule has 0 aromatic heterocycles. The van der Waals surface area contributed by atoms with Crippen molar-refractivity contribution < 1.29 is 24.5 Å². The topological polar surface area (TPSA) is 95.9 Å². The van der Waals surface area contributed by atoms with Gasteiger partial charge in [0.05, 0.1) is 25.4 Å². The number of aliphatic hydroxyl groups is 2. The molecule has 0 spiro atoms. The van der Waals surface area contributed by atoms with Crippen LogP contribution < -0.4 is 5.32 Å². The van der Waals surface area contributed by atoms with Crippen LogP contribution in [0.3, 0.4) is 0 Å². The van der Waals surface area contributed by atoms with Crippen molar-refractivity contribution in [3.8, 4) is 0 Å². The molecule has 0 saturated heterocycles. The van der Waals surface area contributed by atoms with Gasteiger partial charge in [0.2, 0.25) is 5.91 Å². The largest absolute Gasteiger partial charge is 0.466 e. The Labute approximate surface area is 361 Å². The lowest BCUT2D eigenvalue weighted by Crippen LogP contribution is -2.45. The van der Waals surface area contributed by atoms with E-state index in [9.17, 15) is 19.8 Å². The van der Waals surface area contributed by atoms with Crippen molar-refractivity contribution in [1.29, 1.82) is 0 Å². The van der Waals surface area contributed by atoms with Crippen molar-refractivity contribution in [2.75, 3.05) is 13.2 Å². The summed E-state index contributed by atoms with van der Waals surface area (Å²) in [6, 6.07) is -0.634. The van der Waals surface area contributed by atoms with E-state index in [1.807, 2.05) is 6.08 Å². The van der Waals surface area contributed by atoms with Crippen LogP contribution in [0.5, 0.6) is 0 Å². The van der Waals surface area contributed by atoms with Gasteiger partial charge in [-0.3, -0.25) is 9.59 Å². The fraction of sp³-hybridized carbons (Fsp3) is 0.923. The molecular formula is C52H101NO5. The summed E-state index contributed by atoms with van der Waals surface area (Å²) < 4.78 is 5.46. The lowest BCUT2D eigenvalue weighted by Gasteiger charge is -2.20. The Hall–Kier alpha value is -1.40. The maximum Gasteiger partial charge on any atom is 0.305 e. The second kappa shape index (κ2) is 48.3. The minimum atomic E-state index is -0.849. The predicted molar refractivity (Wildman–Crippen MR) is 250 cm³/mol. The third kappa shape index (κ3) is 44.2. The minimum absolute atomic E-state index is 0.00184. The SMILES string of the molecule is CCCCCCCCCCCCCC/C=C/C(O)C(CO)NC(=O)CCCCCCCCCCCCCCCCOC(=O)CCCCCCCCCCCCCCC. The first-order valence-electron chi connectivity index (χ1n) is 26.0. The van der Waals surface area contributed by atoms with E-state index in [4.69, 9.17) is 4.74 Å². The van der Waals surface area contributed by atoms with Gasteiger partial charge in [0.1, 0.15) is 0 Å². The van der Waals surface area contributed by atoms with Crippen LogP contribution in [0.2, 0.25) is 0 Å². The van der Waals surface area contributed by atoms with E-state index in [-0.39, 0.29) is 18.5 Å². The Morgan fingerprint density at radius 3 is 1.17 bits per heavy atom. The van der Waals surface area contributed by atoms with Crippen LogP contribution in [-0.4, -0.2) is 47.4 Å². The van der Waals surface area contributed by atoms with Gasteiger partial charge in [-0.1, -0.05) is 251 Å². The van der Waals surface area contributed by atoms with E-state index in [2.05, 4.69) is 19.2 Å². The van der Waals surface area contributed by atoms with Crippen LogP contribution >= 0.6 is 0 Å². The molecule has 1 amide bonds. The van der Waals surface area contributed by atoms with Crippen molar-refractivity contribution >= 4 is 11.9 Å². The smallest absolute Gasteiger partial charge is 0.305 e. The Balaban J connectivity index is 3.46. The van der Waals surface area contributed by atoms with Crippen molar-refractivity contribution in [2.24, 2.45) is 0 Å². The molecule has 0 saturated carbocycles. The maximum absolute atomic E-state index is 12.4. The number of rotatable bonds is 48. The molecule has 6 nitrogen and oxygen atoms in total. The van der Waals surface area contributed by atoms with Gasteiger partial charge < -0.3 is 20.3 Å². The first-order valence-corrected chi connectivity index (χ1v) is 26.0. The lowest BCUT2D eigenvalue weighted by atomic mass is 10.0. The number of aliphatic hydroxyl groups excluding tert-OH is 2. The Morgan fingerprint density at radius 2 is 0.793 bits per heavy atom. The van der Waals surface area contributed by atoms with Crippen LogP contribution in [0.4, 0.5) is 0 Å². The predicted octanol–water partition coefficient (Wildman–Crippen LogP) is 15.3. The summed E-state index contributed by atoms with van der Waals surface area (Å²) in [6.07, 6.45) is 54.9. The van der Waals surface area contributed by atoms with Crippen molar-refractivity contribution in [3.63, 3.8) is 0 Å². The highest BCUT2D eigenvalue weighted by Gasteiger charge is 2.18. The number of nitrogens with one attached hydrogen (secondary N) is 1. The van der Waals surface area contributed by atoms with E-state index in [0.29, 0.717) is 19.4 Å². The molecule has 0 aliphatic rings. The molecule has 0 rings (SSSR count). The van der Waals surface area contributed by atoms with Crippen molar-refractivity contribution in [1.82, 2.24) is 5.32 Å². The summed E-state index contributed by atoms with van der Waals surface area (Å²) in [4.78, 5) is 24.4. The first-order chi connectivity index (χ1) is 28.5. The highest BCUT2D eigenvalue weighted by molar-refractivity contribution is 5.76. The van der Waals surface area contributed by atoms with Crippen molar-refractivity contribution in [2.45, 2.75) is 296 Å². The van der Waals surface area contributed by atoms with Gasteiger partial charge in [-0.05, 0) is 32.1 Å². The molecule has 6 heteroatoms. The molecule has 0 aliphatic heterocycles. The molecule has 0 aromatic carbocycles. The van der Waals surface area contributed by atoms with Gasteiger partial charge in [0.25, 0.3) is 0 Å². The fourth-order valence-corrected chi connectivity index (χ4v) is 8.05. The van der Waals surface area contributed by atoms with E-state index < -0.39 is 12.1 Å². The quantitative estimate of drug-likeness (QED) is 0.0323. The summed E-state index contributed by atoms with van der Waals surface area (Å²) in [5, 5.41) is 23.0. The Kier molecular flexibility index (Phi) is 47.1. The summed E-state index contributed by atoms with van der Waals surface area (Å²) in [5.41, 5.74) is 0. The second-order valence-corrected chi connectivity index (χ2v) is 17.9. The molecule has 0 aliphatic carbocycles. The third-order valence-electron chi connectivity index (χ3n) is 12.1. The molecule has 0 bridgehead atoms. The highest BCUT2D eigenvalue weighted by Crippen LogP contribution is 2.16.